The Bertz CT molecular complexity index is 1040. The molecule has 0 bridgehead atoms. The second kappa shape index (κ2) is 9.55. The van der Waals surface area contributed by atoms with Crippen LogP contribution in [0.1, 0.15) is 36.1 Å². The lowest BCUT2D eigenvalue weighted by Crippen LogP contribution is -2.34. The summed E-state index contributed by atoms with van der Waals surface area (Å²) in [4.78, 5) is 0.120. The van der Waals surface area contributed by atoms with E-state index in [1.165, 1.54) is 0 Å². The molecule has 3 aromatic rings. The zero-order chi connectivity index (χ0) is 20.9. The molecule has 0 saturated carbocycles. The van der Waals surface area contributed by atoms with Crippen molar-refractivity contribution in [3.63, 3.8) is 0 Å². The molecule has 0 heterocycles. The molecule has 1 atom stereocenters. The lowest BCUT2D eigenvalue weighted by Gasteiger charge is -2.31. The molecule has 152 valence electrons. The smallest absolute Gasteiger partial charge is 0.245 e. The molecule has 6 heteroatoms. The molecular weight excluding hydrogens is 404 g/mol. The van der Waals surface area contributed by atoms with Gasteiger partial charge in [0, 0.05) is 13.1 Å². The molecule has 29 heavy (non-hydrogen) atoms. The summed E-state index contributed by atoms with van der Waals surface area (Å²) < 4.78 is 28.9. The van der Waals surface area contributed by atoms with Crippen LogP contribution < -0.4 is 5.73 Å². The first-order valence-electron chi connectivity index (χ1n) is 9.56. The van der Waals surface area contributed by atoms with Gasteiger partial charge in [0.2, 0.25) is 10.0 Å². The fourth-order valence-electron chi connectivity index (χ4n) is 3.38. The van der Waals surface area contributed by atoms with Crippen LogP contribution in [0, 0.1) is 0 Å². The van der Waals surface area contributed by atoms with Gasteiger partial charge in [0.25, 0.3) is 0 Å². The number of hydrogen-bond donors (Lipinski definition) is 1. The van der Waals surface area contributed by atoms with Gasteiger partial charge in [-0.2, -0.15) is 4.31 Å². The summed E-state index contributed by atoms with van der Waals surface area (Å²) in [6.45, 7) is 2.68. The van der Waals surface area contributed by atoms with Crippen LogP contribution in [0.3, 0.4) is 0 Å². The molecule has 0 aromatic heterocycles. The van der Waals surface area contributed by atoms with Crippen LogP contribution in [0.15, 0.2) is 83.8 Å². The summed E-state index contributed by atoms with van der Waals surface area (Å²) in [5.41, 5.74) is 8.54. The van der Waals surface area contributed by atoms with E-state index in [0.717, 1.165) is 16.7 Å². The number of sulfonamides is 1. The van der Waals surface area contributed by atoms with Gasteiger partial charge in [0.15, 0.2) is 0 Å². The number of nitrogens with zero attached hydrogens (tertiary/aromatic N) is 1. The highest BCUT2D eigenvalue weighted by Crippen LogP contribution is 2.34. The third kappa shape index (κ3) is 4.87. The van der Waals surface area contributed by atoms with E-state index in [0.29, 0.717) is 13.0 Å². The predicted molar refractivity (Wildman–Crippen MR) is 118 cm³/mol. The molecular formula is C23H25ClN2O2S. The van der Waals surface area contributed by atoms with Crippen LogP contribution in [0.25, 0.3) is 0 Å². The Balaban J connectivity index is 2.08. The van der Waals surface area contributed by atoms with Gasteiger partial charge in [-0.15, -0.1) is 0 Å². The van der Waals surface area contributed by atoms with Gasteiger partial charge in [-0.05, 0) is 35.2 Å². The molecule has 0 amide bonds. The Hall–Kier alpha value is -2.18. The van der Waals surface area contributed by atoms with Crippen LogP contribution in [0.4, 0.5) is 0 Å². The first-order chi connectivity index (χ1) is 14.0. The monoisotopic (exact) mass is 428 g/mol. The number of halogens is 1. The van der Waals surface area contributed by atoms with Crippen molar-refractivity contribution in [1.82, 2.24) is 4.31 Å². The van der Waals surface area contributed by atoms with Gasteiger partial charge >= 0.3 is 0 Å². The van der Waals surface area contributed by atoms with E-state index in [9.17, 15) is 8.42 Å². The van der Waals surface area contributed by atoms with Gasteiger partial charge in [0.05, 0.1) is 11.1 Å². The number of rotatable bonds is 8. The predicted octanol–water partition coefficient (Wildman–Crippen LogP) is 5.14. The standard InChI is InChI=1S/C23H25ClN2O2S/c1-2-22(20-8-4-3-5-9-20)26(17-19-14-12-18(16-25)13-15-19)29(27,28)23-11-7-6-10-21(23)24/h3-15,22H,2,16-17,25H2,1H3. The zero-order valence-corrected chi connectivity index (χ0v) is 17.9. The van der Waals surface area contributed by atoms with E-state index >= 15 is 0 Å². The third-order valence-corrected chi connectivity index (χ3v) is 7.29. The average Bonchev–Trinajstić information content (AvgIpc) is 2.75. The average molecular weight is 429 g/mol. The first kappa shape index (κ1) is 21.5. The molecule has 2 N–H and O–H groups in total. The Morgan fingerprint density at radius 1 is 0.897 bits per heavy atom. The maximum Gasteiger partial charge on any atom is 0.245 e. The molecule has 0 spiro atoms. The van der Waals surface area contributed by atoms with Gasteiger partial charge < -0.3 is 5.73 Å². The number of benzene rings is 3. The van der Waals surface area contributed by atoms with Crippen LogP contribution in [0.5, 0.6) is 0 Å². The van der Waals surface area contributed by atoms with Gasteiger partial charge in [-0.1, -0.05) is 85.3 Å². The van der Waals surface area contributed by atoms with Crippen LogP contribution in [0.2, 0.25) is 5.02 Å². The van der Waals surface area contributed by atoms with E-state index < -0.39 is 10.0 Å². The molecule has 1 unspecified atom stereocenters. The highest BCUT2D eigenvalue weighted by Gasteiger charge is 2.33. The second-order valence-electron chi connectivity index (χ2n) is 6.84. The Morgan fingerprint density at radius 3 is 2.07 bits per heavy atom. The maximum atomic E-state index is 13.7. The fraction of sp³-hybridized carbons (Fsp3) is 0.217. The minimum Gasteiger partial charge on any atom is -0.326 e. The van der Waals surface area contributed by atoms with Gasteiger partial charge in [-0.3, -0.25) is 0 Å². The van der Waals surface area contributed by atoms with Crippen molar-refractivity contribution in [3.05, 3.63) is 101 Å². The quantitative estimate of drug-likeness (QED) is 0.540. The van der Waals surface area contributed by atoms with Crippen LogP contribution in [-0.2, 0) is 23.1 Å². The molecule has 3 aromatic carbocycles. The van der Waals surface area contributed by atoms with E-state index in [-0.39, 0.29) is 22.5 Å². The lowest BCUT2D eigenvalue weighted by molar-refractivity contribution is 0.310. The Morgan fingerprint density at radius 2 is 1.48 bits per heavy atom. The summed E-state index contributed by atoms with van der Waals surface area (Å²) >= 11 is 6.27. The van der Waals surface area contributed by atoms with Crippen molar-refractivity contribution in [2.45, 2.75) is 37.4 Å². The highest BCUT2D eigenvalue weighted by molar-refractivity contribution is 7.89. The second-order valence-corrected chi connectivity index (χ2v) is 9.10. The van der Waals surface area contributed by atoms with Gasteiger partial charge in [0.1, 0.15) is 4.90 Å². The van der Waals surface area contributed by atoms with E-state index in [1.54, 1.807) is 28.6 Å². The third-order valence-electron chi connectivity index (χ3n) is 4.94. The number of nitrogens with two attached hydrogens (primary N) is 1. The minimum atomic E-state index is -3.83. The fourth-order valence-corrected chi connectivity index (χ4v) is 5.56. The number of hydrogen-bond acceptors (Lipinski definition) is 3. The van der Waals surface area contributed by atoms with E-state index in [2.05, 4.69) is 0 Å². The van der Waals surface area contributed by atoms with Crippen molar-refractivity contribution >= 4 is 21.6 Å². The molecule has 0 saturated heterocycles. The Kier molecular flexibility index (Phi) is 7.09. The molecule has 3 rings (SSSR count). The summed E-state index contributed by atoms with van der Waals surface area (Å²) in [7, 11) is -3.83. The molecule has 0 radical (unpaired) electrons. The minimum absolute atomic E-state index is 0.120. The summed E-state index contributed by atoms with van der Waals surface area (Å²) in [5.74, 6) is 0. The van der Waals surface area contributed by atoms with E-state index in [4.69, 9.17) is 17.3 Å². The SMILES string of the molecule is CCC(c1ccccc1)N(Cc1ccc(CN)cc1)S(=O)(=O)c1ccccc1Cl. The van der Waals surface area contributed by atoms with Crippen LogP contribution >= 0.6 is 11.6 Å². The van der Waals surface area contributed by atoms with Gasteiger partial charge in [-0.25, -0.2) is 8.42 Å². The van der Waals surface area contributed by atoms with Crippen molar-refractivity contribution in [2.24, 2.45) is 5.73 Å². The van der Waals surface area contributed by atoms with E-state index in [1.807, 2.05) is 61.5 Å². The zero-order valence-electron chi connectivity index (χ0n) is 16.3. The van der Waals surface area contributed by atoms with Crippen molar-refractivity contribution in [1.29, 1.82) is 0 Å². The summed E-state index contributed by atoms with van der Waals surface area (Å²) in [6, 6.07) is 23.7. The molecule has 4 nitrogen and oxygen atoms in total. The topological polar surface area (TPSA) is 63.4 Å². The summed E-state index contributed by atoms with van der Waals surface area (Å²) in [6.07, 6.45) is 0.634. The Labute approximate surface area is 178 Å². The normalized spacial score (nSPS) is 12.8. The van der Waals surface area contributed by atoms with Crippen molar-refractivity contribution < 1.29 is 8.42 Å². The lowest BCUT2D eigenvalue weighted by atomic mass is 10.0. The molecule has 0 fully saturated rings. The van der Waals surface area contributed by atoms with Crippen molar-refractivity contribution in [3.8, 4) is 0 Å². The maximum absolute atomic E-state index is 13.7. The molecule has 0 aliphatic carbocycles. The molecule has 0 aliphatic heterocycles. The highest BCUT2D eigenvalue weighted by atomic mass is 35.5. The summed E-state index contributed by atoms with van der Waals surface area (Å²) in [5, 5.41) is 0.221. The molecule has 0 aliphatic rings. The van der Waals surface area contributed by atoms with Crippen LogP contribution in [-0.4, -0.2) is 12.7 Å². The van der Waals surface area contributed by atoms with Crippen molar-refractivity contribution in [2.75, 3.05) is 0 Å². The largest absolute Gasteiger partial charge is 0.326 e. The first-order valence-corrected chi connectivity index (χ1v) is 11.4.